The van der Waals surface area contributed by atoms with E-state index in [4.69, 9.17) is 4.74 Å². The maximum Gasteiger partial charge on any atom is 0.251 e. The summed E-state index contributed by atoms with van der Waals surface area (Å²) in [5.74, 6) is 1.94. The van der Waals surface area contributed by atoms with Crippen LogP contribution in [0, 0.1) is 0 Å². The third kappa shape index (κ3) is 4.27. The molecular weight excluding hydrogens is 326 g/mol. The number of nitrogens with one attached hydrogen (secondary N) is 1. The lowest BCUT2D eigenvalue weighted by molar-refractivity contribution is 0.244. The fourth-order valence-corrected chi connectivity index (χ4v) is 2.58. The van der Waals surface area contributed by atoms with Crippen LogP contribution in [0.25, 0.3) is 0 Å². The summed E-state index contributed by atoms with van der Waals surface area (Å²) >= 11 is 0. The van der Waals surface area contributed by atoms with Crippen LogP contribution >= 0.6 is 0 Å². The Morgan fingerprint density at radius 2 is 1.77 bits per heavy atom. The van der Waals surface area contributed by atoms with Crippen molar-refractivity contribution < 1.29 is 4.74 Å². The van der Waals surface area contributed by atoms with E-state index in [1.54, 1.807) is 6.20 Å². The summed E-state index contributed by atoms with van der Waals surface area (Å²) in [6, 6.07) is 17.8. The van der Waals surface area contributed by atoms with Crippen molar-refractivity contribution in [3.8, 4) is 5.75 Å². The molecule has 0 saturated heterocycles. The minimum Gasteiger partial charge on any atom is -0.489 e. The number of para-hydroxylation sites is 3. The molecule has 6 heteroatoms. The van der Waals surface area contributed by atoms with Crippen LogP contribution in [0.3, 0.4) is 0 Å². The first-order chi connectivity index (χ1) is 12.7. The smallest absolute Gasteiger partial charge is 0.251 e. The Labute approximate surface area is 153 Å². The van der Waals surface area contributed by atoms with E-state index in [0.717, 1.165) is 23.7 Å². The molecule has 0 bridgehead atoms. The van der Waals surface area contributed by atoms with Crippen LogP contribution in [0.4, 0.5) is 23.1 Å². The van der Waals surface area contributed by atoms with E-state index in [1.807, 2.05) is 73.3 Å². The lowest BCUT2D eigenvalue weighted by atomic mass is 10.3. The van der Waals surface area contributed by atoms with E-state index < -0.39 is 0 Å². The van der Waals surface area contributed by atoms with Gasteiger partial charge in [-0.2, -0.15) is 10.1 Å². The number of anilines is 4. The third-order valence-corrected chi connectivity index (χ3v) is 3.69. The molecule has 0 aliphatic rings. The van der Waals surface area contributed by atoms with Gasteiger partial charge in [0.2, 0.25) is 0 Å². The Hall–Kier alpha value is -3.15. The van der Waals surface area contributed by atoms with Gasteiger partial charge in [-0.1, -0.05) is 30.3 Å². The van der Waals surface area contributed by atoms with Crippen molar-refractivity contribution in [2.24, 2.45) is 0 Å². The lowest BCUT2D eigenvalue weighted by Gasteiger charge is -2.21. The van der Waals surface area contributed by atoms with Gasteiger partial charge in [-0.3, -0.25) is 0 Å². The Kier molecular flexibility index (Phi) is 5.63. The molecule has 0 atom stereocenters. The number of aromatic nitrogens is 3. The van der Waals surface area contributed by atoms with Gasteiger partial charge in [-0.05, 0) is 45.0 Å². The quantitative estimate of drug-likeness (QED) is 0.674. The summed E-state index contributed by atoms with van der Waals surface area (Å²) in [6.45, 7) is 6.80. The number of hydrogen-bond donors (Lipinski definition) is 1. The highest BCUT2D eigenvalue weighted by Crippen LogP contribution is 2.28. The molecule has 0 unspecified atom stereocenters. The average molecular weight is 349 g/mol. The van der Waals surface area contributed by atoms with Crippen molar-refractivity contribution in [1.29, 1.82) is 0 Å². The molecule has 0 aliphatic heterocycles. The molecule has 0 saturated carbocycles. The molecule has 1 heterocycles. The van der Waals surface area contributed by atoms with Crippen LogP contribution in [0.1, 0.15) is 20.8 Å². The number of ether oxygens (including phenoxy) is 1. The Bertz CT molecular complexity index is 838. The van der Waals surface area contributed by atoms with Gasteiger partial charge in [0.05, 0.1) is 18.0 Å². The van der Waals surface area contributed by atoms with Gasteiger partial charge in [0, 0.05) is 12.2 Å². The van der Waals surface area contributed by atoms with Crippen LogP contribution in [0.15, 0.2) is 60.8 Å². The molecule has 3 aromatic rings. The highest BCUT2D eigenvalue weighted by molar-refractivity contribution is 5.65. The second kappa shape index (κ2) is 8.29. The van der Waals surface area contributed by atoms with Crippen molar-refractivity contribution >= 4 is 23.1 Å². The van der Waals surface area contributed by atoms with Gasteiger partial charge in [0.1, 0.15) is 5.75 Å². The molecule has 0 spiro atoms. The molecule has 0 fully saturated rings. The molecule has 6 nitrogen and oxygen atoms in total. The molecule has 3 rings (SSSR count). The lowest BCUT2D eigenvalue weighted by Crippen LogP contribution is -2.19. The first kappa shape index (κ1) is 17.7. The number of nitrogens with zero attached hydrogens (tertiary/aromatic N) is 4. The first-order valence-corrected chi connectivity index (χ1v) is 8.72. The first-order valence-electron chi connectivity index (χ1n) is 8.72. The van der Waals surface area contributed by atoms with Gasteiger partial charge in [0.25, 0.3) is 5.95 Å². The molecule has 1 N–H and O–H groups in total. The summed E-state index contributed by atoms with van der Waals surface area (Å²) in [5.41, 5.74) is 1.87. The largest absolute Gasteiger partial charge is 0.489 e. The third-order valence-electron chi connectivity index (χ3n) is 3.69. The standard InChI is InChI=1S/C20H23N5O/c1-4-25(16-10-6-5-7-11-16)20-23-19(14-21-24-20)22-17-12-8-9-13-18(17)26-15(2)3/h5-15H,4H2,1-3H3,(H,22,23,24). The van der Waals surface area contributed by atoms with E-state index in [1.165, 1.54) is 0 Å². The van der Waals surface area contributed by atoms with Crippen LogP contribution in [-0.4, -0.2) is 27.8 Å². The van der Waals surface area contributed by atoms with Crippen LogP contribution in [0.2, 0.25) is 0 Å². The highest BCUT2D eigenvalue weighted by atomic mass is 16.5. The Balaban J connectivity index is 1.86. The van der Waals surface area contributed by atoms with Gasteiger partial charge in [-0.25, -0.2) is 0 Å². The van der Waals surface area contributed by atoms with Gasteiger partial charge < -0.3 is 15.0 Å². The molecular formula is C20H23N5O. The van der Waals surface area contributed by atoms with E-state index in [-0.39, 0.29) is 6.10 Å². The van der Waals surface area contributed by atoms with Gasteiger partial charge >= 0.3 is 0 Å². The van der Waals surface area contributed by atoms with Gasteiger partial charge in [0.15, 0.2) is 5.82 Å². The Morgan fingerprint density at radius 1 is 1.04 bits per heavy atom. The zero-order valence-electron chi connectivity index (χ0n) is 15.3. The van der Waals surface area contributed by atoms with Crippen molar-refractivity contribution in [2.45, 2.75) is 26.9 Å². The van der Waals surface area contributed by atoms with Crippen LogP contribution < -0.4 is 15.0 Å². The zero-order chi connectivity index (χ0) is 18.4. The summed E-state index contributed by atoms with van der Waals surface area (Å²) in [4.78, 5) is 6.63. The summed E-state index contributed by atoms with van der Waals surface area (Å²) in [5, 5.41) is 11.6. The fraction of sp³-hybridized carbons (Fsp3) is 0.250. The van der Waals surface area contributed by atoms with Crippen LogP contribution in [0.5, 0.6) is 5.75 Å². The Morgan fingerprint density at radius 3 is 2.50 bits per heavy atom. The van der Waals surface area contributed by atoms with E-state index in [9.17, 15) is 0 Å². The number of benzene rings is 2. The number of hydrogen-bond acceptors (Lipinski definition) is 6. The normalized spacial score (nSPS) is 10.6. The molecule has 0 amide bonds. The molecule has 0 aliphatic carbocycles. The summed E-state index contributed by atoms with van der Waals surface area (Å²) in [7, 11) is 0. The summed E-state index contributed by atoms with van der Waals surface area (Å²) < 4.78 is 5.85. The van der Waals surface area contributed by atoms with Crippen molar-refractivity contribution in [1.82, 2.24) is 15.2 Å². The second-order valence-electron chi connectivity index (χ2n) is 6.01. The van der Waals surface area contributed by atoms with Crippen molar-refractivity contribution in [3.05, 3.63) is 60.8 Å². The number of rotatable bonds is 7. The second-order valence-corrected chi connectivity index (χ2v) is 6.01. The predicted octanol–water partition coefficient (Wildman–Crippen LogP) is 4.56. The van der Waals surface area contributed by atoms with E-state index in [2.05, 4.69) is 27.4 Å². The van der Waals surface area contributed by atoms with E-state index >= 15 is 0 Å². The molecule has 2 aromatic carbocycles. The maximum absolute atomic E-state index is 5.85. The topological polar surface area (TPSA) is 63.2 Å². The minimum absolute atomic E-state index is 0.0886. The maximum atomic E-state index is 5.85. The molecule has 1 aromatic heterocycles. The average Bonchev–Trinajstić information content (AvgIpc) is 2.65. The predicted molar refractivity (Wildman–Crippen MR) is 104 cm³/mol. The van der Waals surface area contributed by atoms with Crippen LogP contribution in [-0.2, 0) is 0 Å². The molecule has 134 valence electrons. The fourth-order valence-electron chi connectivity index (χ4n) is 2.58. The molecule has 26 heavy (non-hydrogen) atoms. The van der Waals surface area contributed by atoms with Gasteiger partial charge in [-0.15, -0.1) is 5.10 Å². The van der Waals surface area contributed by atoms with E-state index in [0.29, 0.717) is 11.8 Å². The van der Waals surface area contributed by atoms with Crippen molar-refractivity contribution in [2.75, 3.05) is 16.8 Å². The highest BCUT2D eigenvalue weighted by Gasteiger charge is 2.12. The summed E-state index contributed by atoms with van der Waals surface area (Å²) in [6.07, 6.45) is 1.69. The monoisotopic (exact) mass is 349 g/mol. The SMILES string of the molecule is CCN(c1ccccc1)c1nncc(Nc2ccccc2OC(C)C)n1. The molecule has 0 radical (unpaired) electrons. The minimum atomic E-state index is 0.0886. The van der Waals surface area contributed by atoms with Crippen molar-refractivity contribution in [3.63, 3.8) is 0 Å². The zero-order valence-corrected chi connectivity index (χ0v) is 15.3.